The Bertz CT molecular complexity index is 489. The Kier molecular flexibility index (Phi) is 5.31. The Labute approximate surface area is 120 Å². The zero-order valence-electron chi connectivity index (χ0n) is 12.7. The van der Waals surface area contributed by atoms with E-state index >= 15 is 0 Å². The first kappa shape index (κ1) is 16.2. The Balaban J connectivity index is 2.95. The third-order valence-electron chi connectivity index (χ3n) is 3.01. The van der Waals surface area contributed by atoms with Crippen molar-refractivity contribution in [2.75, 3.05) is 0 Å². The van der Waals surface area contributed by atoms with Crippen molar-refractivity contribution < 1.29 is 19.1 Å². The highest BCUT2D eigenvalue weighted by Gasteiger charge is 2.24. The molecule has 0 amide bonds. The highest BCUT2D eigenvalue weighted by molar-refractivity contribution is 5.93. The molecule has 0 aliphatic carbocycles. The van der Waals surface area contributed by atoms with Gasteiger partial charge in [-0.1, -0.05) is 32.9 Å². The van der Waals surface area contributed by atoms with Crippen molar-refractivity contribution >= 4 is 11.9 Å². The molecule has 0 unspecified atom stereocenters. The topological polar surface area (TPSA) is 52.6 Å². The highest BCUT2D eigenvalue weighted by atomic mass is 16.6. The molecule has 0 aliphatic rings. The van der Waals surface area contributed by atoms with E-state index in [0.717, 1.165) is 0 Å². The molecule has 0 aromatic heterocycles. The van der Waals surface area contributed by atoms with Crippen molar-refractivity contribution in [2.24, 2.45) is 5.92 Å². The summed E-state index contributed by atoms with van der Waals surface area (Å²) in [4.78, 5) is 23.8. The van der Waals surface area contributed by atoms with Crippen LogP contribution in [0, 0.1) is 5.92 Å². The van der Waals surface area contributed by atoms with Gasteiger partial charge < -0.3 is 9.47 Å². The summed E-state index contributed by atoms with van der Waals surface area (Å²) in [6, 6.07) is 6.61. The smallest absolute Gasteiger partial charge is 0.342 e. The van der Waals surface area contributed by atoms with Crippen molar-refractivity contribution in [3.05, 3.63) is 29.8 Å². The number of para-hydroxylation sites is 1. The molecule has 0 atom stereocenters. The van der Waals surface area contributed by atoms with Gasteiger partial charge in [0.1, 0.15) is 16.9 Å². The van der Waals surface area contributed by atoms with Gasteiger partial charge in [-0.2, -0.15) is 0 Å². The summed E-state index contributed by atoms with van der Waals surface area (Å²) in [5.41, 5.74) is -0.283. The van der Waals surface area contributed by atoms with Crippen molar-refractivity contribution in [3.8, 4) is 5.75 Å². The quantitative estimate of drug-likeness (QED) is 0.610. The van der Waals surface area contributed by atoms with Gasteiger partial charge in [0, 0.05) is 0 Å². The molecule has 4 heteroatoms. The molecule has 0 saturated heterocycles. The van der Waals surface area contributed by atoms with Crippen molar-refractivity contribution in [1.82, 2.24) is 0 Å². The predicted octanol–water partition coefficient (Wildman–Crippen LogP) is 3.59. The lowest BCUT2D eigenvalue weighted by Crippen LogP contribution is -2.27. The molecular formula is C16H22O4. The molecule has 4 nitrogen and oxygen atoms in total. The van der Waals surface area contributed by atoms with Crippen LogP contribution in [0.2, 0.25) is 0 Å². The van der Waals surface area contributed by atoms with Gasteiger partial charge in [0.15, 0.2) is 0 Å². The monoisotopic (exact) mass is 278 g/mol. The third kappa shape index (κ3) is 4.37. The molecule has 0 heterocycles. The maximum Gasteiger partial charge on any atom is 0.342 e. The predicted molar refractivity (Wildman–Crippen MR) is 76.7 cm³/mol. The molecule has 0 saturated carbocycles. The van der Waals surface area contributed by atoms with Gasteiger partial charge in [-0.3, -0.25) is 4.79 Å². The lowest BCUT2D eigenvalue weighted by atomic mass is 10.1. The Morgan fingerprint density at radius 3 is 2.35 bits per heavy atom. The van der Waals surface area contributed by atoms with Crippen LogP contribution in [0.15, 0.2) is 24.3 Å². The van der Waals surface area contributed by atoms with E-state index in [2.05, 4.69) is 0 Å². The fourth-order valence-corrected chi connectivity index (χ4v) is 1.33. The molecule has 1 aromatic rings. The van der Waals surface area contributed by atoms with E-state index < -0.39 is 11.6 Å². The molecule has 0 fully saturated rings. The van der Waals surface area contributed by atoms with Gasteiger partial charge in [0.05, 0.1) is 5.92 Å². The van der Waals surface area contributed by atoms with Crippen LogP contribution in [0.1, 0.15) is 51.4 Å². The number of rotatable bonds is 5. The number of esters is 2. The number of carbonyl (C=O) groups is 2. The van der Waals surface area contributed by atoms with Gasteiger partial charge in [0.25, 0.3) is 0 Å². The standard InChI is InChI=1S/C16H22O4/c1-6-16(4,5)20-15(18)12-9-7-8-10-13(12)19-14(17)11(2)3/h7-11H,6H2,1-5H3. The van der Waals surface area contributed by atoms with E-state index in [-0.39, 0.29) is 23.2 Å². The normalized spacial score (nSPS) is 11.3. The molecule has 0 spiro atoms. The fraction of sp³-hybridized carbons (Fsp3) is 0.500. The summed E-state index contributed by atoms with van der Waals surface area (Å²) in [7, 11) is 0. The lowest BCUT2D eigenvalue weighted by molar-refractivity contribution is -0.137. The van der Waals surface area contributed by atoms with Crippen molar-refractivity contribution in [2.45, 2.75) is 46.6 Å². The summed E-state index contributed by atoms with van der Waals surface area (Å²) in [6.07, 6.45) is 0.701. The van der Waals surface area contributed by atoms with E-state index in [1.807, 2.05) is 20.8 Å². The largest absolute Gasteiger partial charge is 0.456 e. The van der Waals surface area contributed by atoms with Gasteiger partial charge in [-0.25, -0.2) is 4.79 Å². The van der Waals surface area contributed by atoms with E-state index in [1.54, 1.807) is 38.1 Å². The van der Waals surface area contributed by atoms with Crippen LogP contribution in [0.25, 0.3) is 0 Å². The van der Waals surface area contributed by atoms with Crippen LogP contribution in [0.3, 0.4) is 0 Å². The van der Waals surface area contributed by atoms with Crippen LogP contribution >= 0.6 is 0 Å². The van der Waals surface area contributed by atoms with E-state index in [4.69, 9.17) is 9.47 Å². The maximum atomic E-state index is 12.2. The molecular weight excluding hydrogens is 256 g/mol. The summed E-state index contributed by atoms with van der Waals surface area (Å²) in [6.45, 7) is 9.10. The van der Waals surface area contributed by atoms with Crippen LogP contribution in [-0.2, 0) is 9.53 Å². The number of hydrogen-bond donors (Lipinski definition) is 0. The number of carbonyl (C=O) groups excluding carboxylic acids is 2. The summed E-state index contributed by atoms with van der Waals surface area (Å²) < 4.78 is 10.7. The molecule has 110 valence electrons. The first-order chi connectivity index (χ1) is 9.26. The minimum atomic E-state index is -0.549. The number of benzene rings is 1. The van der Waals surface area contributed by atoms with Crippen LogP contribution in [0.4, 0.5) is 0 Å². The first-order valence-corrected chi connectivity index (χ1v) is 6.81. The zero-order valence-corrected chi connectivity index (χ0v) is 12.7. The van der Waals surface area contributed by atoms with Crippen molar-refractivity contribution in [3.63, 3.8) is 0 Å². The Morgan fingerprint density at radius 2 is 1.80 bits per heavy atom. The van der Waals surface area contributed by atoms with Gasteiger partial charge in [-0.05, 0) is 32.4 Å². The average Bonchev–Trinajstić information content (AvgIpc) is 2.38. The molecule has 1 aromatic carbocycles. The Morgan fingerprint density at radius 1 is 1.20 bits per heavy atom. The van der Waals surface area contributed by atoms with Gasteiger partial charge >= 0.3 is 11.9 Å². The highest BCUT2D eigenvalue weighted by Crippen LogP contribution is 2.23. The summed E-state index contributed by atoms with van der Waals surface area (Å²) in [5.74, 6) is -0.877. The molecule has 20 heavy (non-hydrogen) atoms. The summed E-state index contributed by atoms with van der Waals surface area (Å²) >= 11 is 0. The number of ether oxygens (including phenoxy) is 2. The third-order valence-corrected chi connectivity index (χ3v) is 3.01. The molecule has 0 bridgehead atoms. The minimum absolute atomic E-state index is 0.239. The van der Waals surface area contributed by atoms with E-state index in [9.17, 15) is 9.59 Å². The second kappa shape index (κ2) is 6.55. The summed E-state index contributed by atoms with van der Waals surface area (Å²) in [5, 5.41) is 0. The lowest BCUT2D eigenvalue weighted by Gasteiger charge is -2.23. The van der Waals surface area contributed by atoms with Gasteiger partial charge in [-0.15, -0.1) is 0 Å². The SMILES string of the molecule is CCC(C)(C)OC(=O)c1ccccc1OC(=O)C(C)C. The molecule has 1 rings (SSSR count). The maximum absolute atomic E-state index is 12.2. The van der Waals surface area contributed by atoms with E-state index in [0.29, 0.717) is 6.42 Å². The second-order valence-electron chi connectivity index (χ2n) is 5.57. The van der Waals surface area contributed by atoms with E-state index in [1.165, 1.54) is 0 Å². The molecule has 0 aliphatic heterocycles. The fourth-order valence-electron chi connectivity index (χ4n) is 1.33. The first-order valence-electron chi connectivity index (χ1n) is 6.81. The van der Waals surface area contributed by atoms with Crippen molar-refractivity contribution in [1.29, 1.82) is 0 Å². The second-order valence-corrected chi connectivity index (χ2v) is 5.57. The van der Waals surface area contributed by atoms with Crippen LogP contribution in [0.5, 0.6) is 5.75 Å². The average molecular weight is 278 g/mol. The van der Waals surface area contributed by atoms with Gasteiger partial charge in [0.2, 0.25) is 0 Å². The minimum Gasteiger partial charge on any atom is -0.456 e. The number of hydrogen-bond acceptors (Lipinski definition) is 4. The van der Waals surface area contributed by atoms with Crippen LogP contribution in [-0.4, -0.2) is 17.5 Å². The Hall–Kier alpha value is -1.84. The molecule has 0 N–H and O–H groups in total. The molecule has 0 radical (unpaired) electrons. The zero-order chi connectivity index (χ0) is 15.3. The van der Waals surface area contributed by atoms with Crippen LogP contribution < -0.4 is 4.74 Å².